The second kappa shape index (κ2) is 7.93. The normalized spacial score (nSPS) is 10.6. The van der Waals surface area contributed by atoms with Gasteiger partial charge in [-0.2, -0.15) is 0 Å². The van der Waals surface area contributed by atoms with Crippen molar-refractivity contribution in [3.8, 4) is 11.5 Å². The average molecular weight is 333 g/mol. The van der Waals surface area contributed by atoms with Crippen LogP contribution in [0.5, 0.6) is 11.5 Å². The first kappa shape index (κ1) is 16.5. The number of nitrogens with one attached hydrogen (secondary N) is 1. The standard InChI is InChI=1S/C21H16FNO2/c22-17-8-6-16(7-9-17)21(24)14-15-23-18-10-12-20(13-11-18)25-19-4-2-1-3-5-19/h1-15,23H. The van der Waals surface area contributed by atoms with Crippen molar-refractivity contribution in [1.29, 1.82) is 0 Å². The van der Waals surface area contributed by atoms with Gasteiger partial charge in [-0.15, -0.1) is 0 Å². The minimum absolute atomic E-state index is 0.198. The Bertz CT molecular complexity index is 857. The van der Waals surface area contributed by atoms with Gasteiger partial charge in [-0.3, -0.25) is 4.79 Å². The zero-order valence-corrected chi connectivity index (χ0v) is 13.4. The van der Waals surface area contributed by atoms with Gasteiger partial charge in [-0.05, 0) is 60.7 Å². The number of hydrogen-bond acceptors (Lipinski definition) is 3. The molecule has 3 nitrogen and oxygen atoms in total. The highest BCUT2D eigenvalue weighted by Gasteiger charge is 2.01. The van der Waals surface area contributed by atoms with Crippen LogP contribution in [0.3, 0.4) is 0 Å². The number of halogens is 1. The predicted molar refractivity (Wildman–Crippen MR) is 96.5 cm³/mol. The van der Waals surface area contributed by atoms with Gasteiger partial charge >= 0.3 is 0 Å². The number of para-hydroxylation sites is 1. The molecule has 3 aromatic carbocycles. The molecule has 0 atom stereocenters. The van der Waals surface area contributed by atoms with Crippen LogP contribution in [0.2, 0.25) is 0 Å². The van der Waals surface area contributed by atoms with E-state index in [0.29, 0.717) is 5.56 Å². The lowest BCUT2D eigenvalue weighted by Crippen LogP contribution is -1.96. The first-order valence-corrected chi connectivity index (χ1v) is 7.77. The van der Waals surface area contributed by atoms with Crippen molar-refractivity contribution in [2.24, 2.45) is 0 Å². The topological polar surface area (TPSA) is 38.3 Å². The second-order valence-electron chi connectivity index (χ2n) is 5.29. The monoisotopic (exact) mass is 333 g/mol. The maximum Gasteiger partial charge on any atom is 0.187 e. The van der Waals surface area contributed by atoms with E-state index in [1.165, 1.54) is 30.3 Å². The maximum atomic E-state index is 12.8. The summed E-state index contributed by atoms with van der Waals surface area (Å²) in [6.45, 7) is 0. The third-order valence-electron chi connectivity index (χ3n) is 3.45. The Morgan fingerprint density at radius 1 is 0.840 bits per heavy atom. The molecule has 0 unspecified atom stereocenters. The van der Waals surface area contributed by atoms with E-state index in [2.05, 4.69) is 5.32 Å². The van der Waals surface area contributed by atoms with Gasteiger partial charge in [0.2, 0.25) is 0 Å². The Hall–Kier alpha value is -3.40. The fraction of sp³-hybridized carbons (Fsp3) is 0. The van der Waals surface area contributed by atoms with Crippen LogP contribution < -0.4 is 10.1 Å². The molecule has 0 aromatic heterocycles. The van der Waals surface area contributed by atoms with Crippen molar-refractivity contribution in [1.82, 2.24) is 0 Å². The Morgan fingerprint density at radius 3 is 2.16 bits per heavy atom. The Labute approximate surface area is 145 Å². The van der Waals surface area contributed by atoms with Crippen LogP contribution in [0.4, 0.5) is 10.1 Å². The molecule has 3 aromatic rings. The van der Waals surface area contributed by atoms with Gasteiger partial charge in [0.25, 0.3) is 0 Å². The van der Waals surface area contributed by atoms with Gasteiger partial charge < -0.3 is 10.1 Å². The van der Waals surface area contributed by atoms with E-state index in [1.807, 2.05) is 54.6 Å². The van der Waals surface area contributed by atoms with E-state index >= 15 is 0 Å². The summed E-state index contributed by atoms with van der Waals surface area (Å²) < 4.78 is 18.6. The molecule has 0 aliphatic carbocycles. The number of anilines is 1. The fourth-order valence-electron chi connectivity index (χ4n) is 2.17. The van der Waals surface area contributed by atoms with Gasteiger partial charge in [0.05, 0.1) is 0 Å². The third-order valence-corrected chi connectivity index (χ3v) is 3.45. The second-order valence-corrected chi connectivity index (χ2v) is 5.29. The summed E-state index contributed by atoms with van der Waals surface area (Å²) in [5.41, 5.74) is 1.26. The van der Waals surface area contributed by atoms with Crippen molar-refractivity contribution in [3.63, 3.8) is 0 Å². The zero-order valence-electron chi connectivity index (χ0n) is 13.4. The minimum Gasteiger partial charge on any atom is -0.457 e. The number of ketones is 1. The Morgan fingerprint density at radius 2 is 1.48 bits per heavy atom. The molecule has 0 fully saturated rings. The summed E-state index contributed by atoms with van der Waals surface area (Å²) >= 11 is 0. The van der Waals surface area contributed by atoms with Crippen molar-refractivity contribution in [3.05, 3.63) is 103 Å². The van der Waals surface area contributed by atoms with E-state index < -0.39 is 0 Å². The average Bonchev–Trinajstić information content (AvgIpc) is 2.64. The molecule has 0 saturated carbocycles. The molecule has 0 spiro atoms. The lowest BCUT2D eigenvalue weighted by atomic mass is 10.1. The van der Waals surface area contributed by atoms with Crippen LogP contribution in [0.15, 0.2) is 91.1 Å². The number of rotatable bonds is 6. The number of carbonyl (C=O) groups excluding carboxylic acids is 1. The zero-order chi connectivity index (χ0) is 17.5. The Kier molecular flexibility index (Phi) is 5.22. The summed E-state index contributed by atoms with van der Waals surface area (Å²) in [5.74, 6) is 0.934. The van der Waals surface area contributed by atoms with Crippen LogP contribution in [0, 0.1) is 5.82 Å². The number of carbonyl (C=O) groups is 1. The van der Waals surface area contributed by atoms with Gasteiger partial charge in [0.1, 0.15) is 17.3 Å². The summed E-state index contributed by atoms with van der Waals surface area (Å²) in [4.78, 5) is 11.9. The van der Waals surface area contributed by atoms with E-state index in [1.54, 1.807) is 6.20 Å². The summed E-state index contributed by atoms with van der Waals surface area (Å²) in [7, 11) is 0. The van der Waals surface area contributed by atoms with Crippen LogP contribution in [-0.2, 0) is 0 Å². The van der Waals surface area contributed by atoms with Crippen LogP contribution in [-0.4, -0.2) is 5.78 Å². The summed E-state index contributed by atoms with van der Waals surface area (Å²) in [6.07, 6.45) is 2.96. The van der Waals surface area contributed by atoms with E-state index in [0.717, 1.165) is 17.2 Å². The quantitative estimate of drug-likeness (QED) is 0.483. The lowest BCUT2D eigenvalue weighted by Gasteiger charge is -2.06. The number of allylic oxidation sites excluding steroid dienone is 1. The Balaban J connectivity index is 1.56. The van der Waals surface area contributed by atoms with Crippen molar-refractivity contribution in [2.45, 2.75) is 0 Å². The van der Waals surface area contributed by atoms with Crippen LogP contribution in [0.25, 0.3) is 0 Å². The van der Waals surface area contributed by atoms with Crippen molar-refractivity contribution in [2.75, 3.05) is 5.32 Å². The molecule has 4 heteroatoms. The summed E-state index contributed by atoms with van der Waals surface area (Å²) in [5, 5.41) is 3.02. The lowest BCUT2D eigenvalue weighted by molar-refractivity contribution is 0.104. The molecular formula is C21H16FNO2. The van der Waals surface area contributed by atoms with E-state index in [4.69, 9.17) is 4.74 Å². The van der Waals surface area contributed by atoms with Gasteiger partial charge in [-0.25, -0.2) is 4.39 Å². The molecule has 3 rings (SSSR count). The number of ether oxygens (including phenoxy) is 1. The molecule has 0 radical (unpaired) electrons. The number of hydrogen-bond donors (Lipinski definition) is 1. The molecule has 0 heterocycles. The van der Waals surface area contributed by atoms with E-state index in [-0.39, 0.29) is 11.6 Å². The van der Waals surface area contributed by atoms with Crippen molar-refractivity contribution >= 4 is 11.5 Å². The molecule has 124 valence electrons. The molecule has 1 N–H and O–H groups in total. The molecule has 0 amide bonds. The van der Waals surface area contributed by atoms with Gasteiger partial charge in [-0.1, -0.05) is 18.2 Å². The molecule has 0 aliphatic rings. The molecule has 0 bridgehead atoms. The smallest absolute Gasteiger partial charge is 0.187 e. The fourth-order valence-corrected chi connectivity index (χ4v) is 2.17. The first-order chi connectivity index (χ1) is 12.2. The summed E-state index contributed by atoms with van der Waals surface area (Å²) in [6, 6.07) is 22.3. The predicted octanol–water partition coefficient (Wildman–Crippen LogP) is 5.43. The van der Waals surface area contributed by atoms with Crippen LogP contribution >= 0.6 is 0 Å². The highest BCUT2D eigenvalue weighted by atomic mass is 19.1. The molecule has 0 saturated heterocycles. The van der Waals surface area contributed by atoms with E-state index in [9.17, 15) is 9.18 Å². The molecule has 0 aliphatic heterocycles. The highest BCUT2D eigenvalue weighted by Crippen LogP contribution is 2.22. The maximum absolute atomic E-state index is 12.8. The number of benzene rings is 3. The van der Waals surface area contributed by atoms with Gasteiger partial charge in [0, 0.05) is 23.5 Å². The molecule has 25 heavy (non-hydrogen) atoms. The minimum atomic E-state index is -0.364. The van der Waals surface area contributed by atoms with Crippen molar-refractivity contribution < 1.29 is 13.9 Å². The van der Waals surface area contributed by atoms with Crippen LogP contribution in [0.1, 0.15) is 10.4 Å². The SMILES string of the molecule is O=C(C=CNc1ccc(Oc2ccccc2)cc1)c1ccc(F)cc1. The van der Waals surface area contributed by atoms with Gasteiger partial charge in [0.15, 0.2) is 5.78 Å². The largest absolute Gasteiger partial charge is 0.457 e. The third kappa shape index (κ3) is 4.78. The highest BCUT2D eigenvalue weighted by molar-refractivity contribution is 6.04. The first-order valence-electron chi connectivity index (χ1n) is 7.77. The molecular weight excluding hydrogens is 317 g/mol.